The number of aromatic nitrogens is 4. The van der Waals surface area contributed by atoms with Crippen molar-refractivity contribution in [2.75, 3.05) is 0 Å². The van der Waals surface area contributed by atoms with E-state index in [2.05, 4.69) is 15.5 Å². The van der Waals surface area contributed by atoms with Crippen LogP contribution in [0.2, 0.25) is 5.02 Å². The van der Waals surface area contributed by atoms with Gasteiger partial charge >= 0.3 is 5.82 Å². The number of hydrogen-bond donors (Lipinski definition) is 1. The Kier molecular flexibility index (Phi) is 5.74. The maximum Gasteiger partial charge on any atom is 0.408 e. The van der Waals surface area contributed by atoms with Gasteiger partial charge in [0.1, 0.15) is 0 Å². The van der Waals surface area contributed by atoms with Crippen molar-refractivity contribution in [2.24, 2.45) is 0 Å². The van der Waals surface area contributed by atoms with E-state index in [0.29, 0.717) is 12.1 Å². The zero-order valence-electron chi connectivity index (χ0n) is 15.4. The maximum atomic E-state index is 12.5. The fraction of sp³-hybridized carbons (Fsp3) is 0.278. The summed E-state index contributed by atoms with van der Waals surface area (Å²) in [5.41, 5.74) is 2.29. The highest BCUT2D eigenvalue weighted by molar-refractivity contribution is 6.32. The second-order valence-corrected chi connectivity index (χ2v) is 6.63. The third-order valence-electron chi connectivity index (χ3n) is 4.27. The third kappa shape index (κ3) is 4.20. The van der Waals surface area contributed by atoms with Crippen molar-refractivity contribution in [3.05, 3.63) is 74.7 Å². The number of aryl methyl sites for hydroxylation is 1. The van der Waals surface area contributed by atoms with Gasteiger partial charge in [-0.25, -0.2) is 0 Å². The van der Waals surface area contributed by atoms with Gasteiger partial charge in [0.2, 0.25) is 0 Å². The van der Waals surface area contributed by atoms with Crippen LogP contribution in [0.5, 0.6) is 0 Å². The molecule has 2 aromatic heterocycles. The lowest BCUT2D eigenvalue weighted by atomic mass is 10.1. The van der Waals surface area contributed by atoms with E-state index in [1.165, 1.54) is 10.9 Å². The quantitative estimate of drug-likeness (QED) is 0.482. The smallest absolute Gasteiger partial charge is 0.358 e. The molecule has 0 bridgehead atoms. The van der Waals surface area contributed by atoms with Crippen molar-refractivity contribution >= 4 is 23.3 Å². The molecule has 1 N–H and O–H groups in total. The van der Waals surface area contributed by atoms with Crippen LogP contribution < -0.4 is 5.32 Å². The van der Waals surface area contributed by atoms with E-state index in [9.17, 15) is 14.9 Å². The average Bonchev–Trinajstić information content (AvgIpc) is 3.28. The monoisotopic (exact) mass is 402 g/mol. The molecule has 0 aliphatic carbocycles. The van der Waals surface area contributed by atoms with Crippen molar-refractivity contribution in [3.8, 4) is 0 Å². The third-order valence-corrected chi connectivity index (χ3v) is 4.54. The summed E-state index contributed by atoms with van der Waals surface area (Å²) in [4.78, 5) is 22.7. The van der Waals surface area contributed by atoms with Crippen LogP contribution in [-0.4, -0.2) is 30.4 Å². The van der Waals surface area contributed by atoms with E-state index in [4.69, 9.17) is 11.6 Å². The molecule has 0 unspecified atom stereocenters. The molecule has 0 saturated carbocycles. The Balaban J connectivity index is 1.66. The molecule has 0 fully saturated rings. The van der Waals surface area contributed by atoms with Crippen LogP contribution in [0.3, 0.4) is 0 Å². The molecule has 3 aromatic rings. The summed E-state index contributed by atoms with van der Waals surface area (Å²) in [5, 5.41) is 21.8. The number of carbonyl (C=O) groups is 1. The molecular formula is C18H19ClN6O3. The van der Waals surface area contributed by atoms with Crippen molar-refractivity contribution in [1.82, 2.24) is 24.9 Å². The van der Waals surface area contributed by atoms with Gasteiger partial charge in [-0.3, -0.25) is 9.48 Å². The van der Waals surface area contributed by atoms with E-state index in [1.807, 2.05) is 24.6 Å². The van der Waals surface area contributed by atoms with E-state index < -0.39 is 4.92 Å². The highest BCUT2D eigenvalue weighted by atomic mass is 35.5. The predicted octanol–water partition coefficient (Wildman–Crippen LogP) is 3.20. The molecule has 0 radical (unpaired) electrons. The van der Waals surface area contributed by atoms with E-state index >= 15 is 0 Å². The zero-order valence-corrected chi connectivity index (χ0v) is 16.1. The summed E-state index contributed by atoms with van der Waals surface area (Å²) in [6.07, 6.45) is 3.11. The lowest BCUT2D eigenvalue weighted by molar-refractivity contribution is -0.389. The van der Waals surface area contributed by atoms with Crippen LogP contribution in [0.1, 0.15) is 41.5 Å². The molecule has 0 aliphatic rings. The highest BCUT2D eigenvalue weighted by Gasteiger charge is 2.19. The van der Waals surface area contributed by atoms with E-state index in [0.717, 1.165) is 17.8 Å². The van der Waals surface area contributed by atoms with Crippen LogP contribution in [0.15, 0.2) is 42.7 Å². The summed E-state index contributed by atoms with van der Waals surface area (Å²) < 4.78 is 3.23. The van der Waals surface area contributed by atoms with Crippen LogP contribution in [-0.2, 0) is 13.1 Å². The Morgan fingerprint density at radius 3 is 2.64 bits per heavy atom. The fourth-order valence-electron chi connectivity index (χ4n) is 2.87. The van der Waals surface area contributed by atoms with Gasteiger partial charge in [0.25, 0.3) is 5.91 Å². The molecule has 146 valence electrons. The number of benzene rings is 1. The number of halogens is 1. The molecule has 2 heterocycles. The Morgan fingerprint density at radius 2 is 2.04 bits per heavy atom. The Labute approximate surface area is 166 Å². The molecule has 0 saturated heterocycles. The summed E-state index contributed by atoms with van der Waals surface area (Å²) in [6, 6.07) is 8.66. The number of nitrogens with zero attached hydrogens (tertiary/aromatic N) is 5. The highest BCUT2D eigenvalue weighted by Crippen LogP contribution is 2.22. The van der Waals surface area contributed by atoms with E-state index in [1.54, 1.807) is 30.5 Å². The first-order valence-corrected chi connectivity index (χ1v) is 9.05. The summed E-state index contributed by atoms with van der Waals surface area (Å²) in [5.74, 6) is -0.571. The Hall–Kier alpha value is -3.20. The minimum atomic E-state index is -0.627. The largest absolute Gasteiger partial charge is 0.408 e. The molecule has 0 spiro atoms. The van der Waals surface area contributed by atoms with Crippen molar-refractivity contribution in [2.45, 2.75) is 33.0 Å². The van der Waals surface area contributed by atoms with Gasteiger partial charge in [-0.2, -0.15) is 9.78 Å². The topological polar surface area (TPSA) is 108 Å². The number of amides is 1. The number of hydrogen-bond acceptors (Lipinski definition) is 5. The zero-order chi connectivity index (χ0) is 20.3. The second-order valence-electron chi connectivity index (χ2n) is 6.22. The summed E-state index contributed by atoms with van der Waals surface area (Å²) in [6.45, 7) is 4.93. The molecule has 28 heavy (non-hydrogen) atoms. The van der Waals surface area contributed by atoms with Crippen molar-refractivity contribution < 1.29 is 9.72 Å². The first kappa shape index (κ1) is 19.6. The summed E-state index contributed by atoms with van der Waals surface area (Å²) in [7, 11) is 0. The molecule has 3 rings (SSSR count). The maximum absolute atomic E-state index is 12.5. The van der Waals surface area contributed by atoms with Gasteiger partial charge in [0.05, 0.1) is 29.6 Å². The van der Waals surface area contributed by atoms with Crippen LogP contribution >= 0.6 is 11.6 Å². The van der Waals surface area contributed by atoms with Gasteiger partial charge in [-0.1, -0.05) is 23.7 Å². The molecule has 10 heteroatoms. The first-order chi connectivity index (χ1) is 13.4. The van der Waals surface area contributed by atoms with Gasteiger partial charge in [0, 0.05) is 18.3 Å². The molecule has 1 aromatic carbocycles. The predicted molar refractivity (Wildman–Crippen MR) is 103 cm³/mol. The standard InChI is InChI=1S/C18H19ClN6O3/c1-3-24-16(8-9-20-24)12(2)21-18(26)14-6-4-13(5-7-14)10-23-11-15(19)17(22-23)25(27)28/h4-9,11-12H,3,10H2,1-2H3,(H,21,26)/t12-/m0/s1. The first-order valence-electron chi connectivity index (χ1n) is 8.68. The lowest BCUT2D eigenvalue weighted by Gasteiger charge is -2.15. The normalized spacial score (nSPS) is 12.0. The van der Waals surface area contributed by atoms with Crippen LogP contribution in [0, 0.1) is 10.1 Å². The lowest BCUT2D eigenvalue weighted by Crippen LogP contribution is -2.28. The minimum absolute atomic E-state index is 0.0127. The van der Waals surface area contributed by atoms with Crippen molar-refractivity contribution in [3.63, 3.8) is 0 Å². The number of nitrogens with one attached hydrogen (secondary N) is 1. The van der Waals surface area contributed by atoms with Crippen molar-refractivity contribution in [1.29, 1.82) is 0 Å². The number of rotatable bonds is 7. The van der Waals surface area contributed by atoms with Crippen LogP contribution in [0.25, 0.3) is 0 Å². The minimum Gasteiger partial charge on any atom is -0.358 e. The molecule has 0 aliphatic heterocycles. The SMILES string of the molecule is CCn1nccc1[C@H](C)NC(=O)c1ccc(Cn2cc(Cl)c([N+](=O)[O-])n2)cc1. The Morgan fingerprint density at radius 1 is 1.32 bits per heavy atom. The second kappa shape index (κ2) is 8.22. The molecule has 1 amide bonds. The Bertz CT molecular complexity index is 995. The van der Waals surface area contributed by atoms with Gasteiger partial charge in [-0.05, 0) is 42.5 Å². The number of carbonyl (C=O) groups excluding carboxylic acids is 1. The molecule has 1 atom stereocenters. The van der Waals surface area contributed by atoms with Gasteiger partial charge < -0.3 is 15.4 Å². The summed E-state index contributed by atoms with van der Waals surface area (Å²) >= 11 is 5.80. The average molecular weight is 403 g/mol. The van der Waals surface area contributed by atoms with Gasteiger partial charge in [-0.15, -0.1) is 0 Å². The molecular weight excluding hydrogens is 384 g/mol. The van der Waals surface area contributed by atoms with E-state index in [-0.39, 0.29) is 22.8 Å². The van der Waals surface area contributed by atoms with Crippen LogP contribution in [0.4, 0.5) is 5.82 Å². The van der Waals surface area contributed by atoms with Gasteiger partial charge in [0.15, 0.2) is 5.02 Å². The molecule has 9 nitrogen and oxygen atoms in total. The fourth-order valence-corrected chi connectivity index (χ4v) is 3.09. The number of nitro groups is 1.